The summed E-state index contributed by atoms with van der Waals surface area (Å²) in [5.41, 5.74) is 0.282. The Labute approximate surface area is 207 Å². The van der Waals surface area contributed by atoms with Crippen LogP contribution in [0.5, 0.6) is 0 Å². The van der Waals surface area contributed by atoms with Crippen molar-refractivity contribution in [2.24, 2.45) is 22.7 Å². The molecule has 1 nitrogen and oxygen atoms in total. The summed E-state index contributed by atoms with van der Waals surface area (Å²) in [6, 6.07) is 0. The Hall–Kier alpha value is -0.330. The van der Waals surface area contributed by atoms with Crippen LogP contribution in [0.4, 0.5) is 0 Å². The van der Waals surface area contributed by atoms with Gasteiger partial charge in [0.05, 0.1) is 0 Å². The molecular weight excluding hydrogens is 400 g/mol. The molecule has 0 aromatic rings. The summed E-state index contributed by atoms with van der Waals surface area (Å²) in [5, 5.41) is 0. The molecule has 3 aliphatic rings. The standard InChI is InChI=1S/C32H58O/c1-3-5-7-9-11-13-15-17-28-19-23-31(24-20-28)27-32(30(31)33)25-21-29(22-26-32)18-16-14-12-10-8-6-4-2/h28-29H,3-27H2,1-2H3/t28?,29?,31-,32-. The van der Waals surface area contributed by atoms with E-state index in [0.29, 0.717) is 0 Å². The second-order valence-electron chi connectivity index (χ2n) is 12.8. The number of carbonyl (C=O) groups excluding carboxylic acids is 1. The van der Waals surface area contributed by atoms with E-state index in [1.807, 2.05) is 0 Å². The maximum atomic E-state index is 13.5. The number of hydrogen-bond acceptors (Lipinski definition) is 1. The van der Waals surface area contributed by atoms with Crippen molar-refractivity contribution in [1.82, 2.24) is 0 Å². The second-order valence-corrected chi connectivity index (χ2v) is 12.8. The minimum atomic E-state index is 0.141. The van der Waals surface area contributed by atoms with Crippen molar-refractivity contribution in [1.29, 1.82) is 0 Å². The summed E-state index contributed by atoms with van der Waals surface area (Å²) >= 11 is 0. The van der Waals surface area contributed by atoms with Gasteiger partial charge in [0.2, 0.25) is 0 Å². The van der Waals surface area contributed by atoms with Gasteiger partial charge in [0, 0.05) is 10.8 Å². The number of carbonyl (C=O) groups is 1. The lowest BCUT2D eigenvalue weighted by atomic mass is 9.43. The Morgan fingerprint density at radius 1 is 0.545 bits per heavy atom. The van der Waals surface area contributed by atoms with E-state index in [1.54, 1.807) is 0 Å². The molecule has 0 saturated heterocycles. The minimum absolute atomic E-state index is 0.141. The van der Waals surface area contributed by atoms with Gasteiger partial charge in [-0.05, 0) is 69.6 Å². The van der Waals surface area contributed by atoms with Crippen LogP contribution in [0.1, 0.15) is 174 Å². The maximum Gasteiger partial charge on any atom is 0.145 e. The molecule has 192 valence electrons. The first-order valence-corrected chi connectivity index (χ1v) is 15.7. The van der Waals surface area contributed by atoms with E-state index >= 15 is 0 Å². The maximum absolute atomic E-state index is 13.5. The molecule has 3 saturated carbocycles. The highest BCUT2D eigenvalue weighted by molar-refractivity contribution is 5.96. The summed E-state index contributed by atoms with van der Waals surface area (Å²) < 4.78 is 0. The van der Waals surface area contributed by atoms with E-state index in [0.717, 1.165) is 17.6 Å². The zero-order valence-electron chi connectivity index (χ0n) is 22.7. The van der Waals surface area contributed by atoms with Crippen molar-refractivity contribution in [3.8, 4) is 0 Å². The Balaban J connectivity index is 1.25. The molecule has 1 heteroatoms. The van der Waals surface area contributed by atoms with Crippen molar-refractivity contribution in [3.63, 3.8) is 0 Å². The van der Waals surface area contributed by atoms with E-state index in [1.165, 1.54) is 161 Å². The van der Waals surface area contributed by atoms with Crippen LogP contribution in [-0.2, 0) is 4.79 Å². The highest BCUT2D eigenvalue weighted by atomic mass is 16.1. The first-order chi connectivity index (χ1) is 16.1. The van der Waals surface area contributed by atoms with Gasteiger partial charge >= 0.3 is 0 Å². The van der Waals surface area contributed by atoms with Gasteiger partial charge in [-0.15, -0.1) is 0 Å². The molecule has 3 rings (SSSR count). The van der Waals surface area contributed by atoms with Crippen LogP contribution < -0.4 is 0 Å². The summed E-state index contributed by atoms with van der Waals surface area (Å²) in [7, 11) is 0. The highest BCUT2D eigenvalue weighted by Gasteiger charge is 2.62. The summed E-state index contributed by atoms with van der Waals surface area (Å²) in [6.07, 6.45) is 34.4. The molecule has 0 heterocycles. The average Bonchev–Trinajstić information content (AvgIpc) is 2.84. The van der Waals surface area contributed by atoms with Gasteiger partial charge in [0.1, 0.15) is 5.78 Å². The third-order valence-corrected chi connectivity index (χ3v) is 10.2. The van der Waals surface area contributed by atoms with Crippen molar-refractivity contribution < 1.29 is 4.79 Å². The van der Waals surface area contributed by atoms with E-state index in [2.05, 4.69) is 13.8 Å². The van der Waals surface area contributed by atoms with Crippen molar-refractivity contribution >= 4 is 5.78 Å². The van der Waals surface area contributed by atoms with Crippen LogP contribution >= 0.6 is 0 Å². The number of ketones is 1. The molecule has 0 unspecified atom stereocenters. The van der Waals surface area contributed by atoms with Crippen LogP contribution in [0.3, 0.4) is 0 Å². The Kier molecular flexibility index (Phi) is 11.8. The van der Waals surface area contributed by atoms with Gasteiger partial charge in [-0.1, -0.05) is 117 Å². The smallest absolute Gasteiger partial charge is 0.145 e. The predicted molar refractivity (Wildman–Crippen MR) is 144 cm³/mol. The molecule has 0 N–H and O–H groups in total. The van der Waals surface area contributed by atoms with E-state index in [9.17, 15) is 4.79 Å². The number of rotatable bonds is 16. The summed E-state index contributed by atoms with van der Waals surface area (Å²) in [6.45, 7) is 4.60. The average molecular weight is 459 g/mol. The van der Waals surface area contributed by atoms with E-state index in [-0.39, 0.29) is 10.8 Å². The van der Waals surface area contributed by atoms with Gasteiger partial charge in [0.25, 0.3) is 0 Å². The fraction of sp³-hybridized carbons (Fsp3) is 0.969. The van der Waals surface area contributed by atoms with Gasteiger partial charge in [-0.2, -0.15) is 0 Å². The predicted octanol–water partition coefficient (Wildman–Crippen LogP) is 10.6. The number of Topliss-reactive ketones (excluding diaryl/α,β-unsaturated/α-hetero) is 1. The lowest BCUT2D eigenvalue weighted by Crippen LogP contribution is -2.59. The lowest BCUT2D eigenvalue weighted by Gasteiger charge is -2.59. The topological polar surface area (TPSA) is 17.1 Å². The van der Waals surface area contributed by atoms with E-state index in [4.69, 9.17) is 0 Å². The molecular formula is C32H58O. The normalized spacial score (nSPS) is 31.9. The Morgan fingerprint density at radius 2 is 0.879 bits per heavy atom. The van der Waals surface area contributed by atoms with E-state index < -0.39 is 0 Å². The molecule has 0 aliphatic heterocycles. The third-order valence-electron chi connectivity index (χ3n) is 10.2. The number of unbranched alkanes of at least 4 members (excludes halogenated alkanes) is 12. The van der Waals surface area contributed by atoms with Crippen LogP contribution in [0.2, 0.25) is 0 Å². The SMILES string of the molecule is CCCCCCCCCC1CC[C@]2(CC1)C[C@@]1(CCC(CCCCCCCCC)CC1)C2=O. The molecule has 3 aliphatic carbocycles. The zero-order chi connectivity index (χ0) is 23.4. The fourth-order valence-electron chi connectivity index (χ4n) is 7.89. The van der Waals surface area contributed by atoms with Crippen molar-refractivity contribution in [2.45, 2.75) is 174 Å². The van der Waals surface area contributed by atoms with Crippen LogP contribution in [0.15, 0.2) is 0 Å². The van der Waals surface area contributed by atoms with Crippen molar-refractivity contribution in [2.75, 3.05) is 0 Å². The summed E-state index contributed by atoms with van der Waals surface area (Å²) in [4.78, 5) is 13.5. The monoisotopic (exact) mass is 458 g/mol. The summed E-state index contributed by atoms with van der Waals surface area (Å²) in [5.74, 6) is 2.58. The van der Waals surface area contributed by atoms with Gasteiger partial charge in [0.15, 0.2) is 0 Å². The largest absolute Gasteiger partial charge is 0.298 e. The van der Waals surface area contributed by atoms with Gasteiger partial charge < -0.3 is 0 Å². The van der Waals surface area contributed by atoms with Crippen molar-refractivity contribution in [3.05, 3.63) is 0 Å². The van der Waals surface area contributed by atoms with Crippen LogP contribution in [0, 0.1) is 22.7 Å². The Morgan fingerprint density at radius 3 is 1.21 bits per heavy atom. The molecule has 0 aromatic carbocycles. The Bertz CT molecular complexity index is 487. The first-order valence-electron chi connectivity index (χ1n) is 15.7. The molecule has 0 radical (unpaired) electrons. The lowest BCUT2D eigenvalue weighted by molar-refractivity contribution is -0.169. The third kappa shape index (κ3) is 7.83. The van der Waals surface area contributed by atoms with Gasteiger partial charge in [-0.3, -0.25) is 4.79 Å². The number of hydrogen-bond donors (Lipinski definition) is 0. The highest BCUT2D eigenvalue weighted by Crippen LogP contribution is 2.64. The molecule has 0 bridgehead atoms. The van der Waals surface area contributed by atoms with Crippen LogP contribution in [0.25, 0.3) is 0 Å². The quantitative estimate of drug-likeness (QED) is 0.210. The molecule has 3 fully saturated rings. The second kappa shape index (κ2) is 14.3. The molecule has 0 aromatic heterocycles. The molecule has 2 spiro atoms. The first kappa shape index (κ1) is 27.3. The molecule has 0 amide bonds. The molecule has 33 heavy (non-hydrogen) atoms. The van der Waals surface area contributed by atoms with Gasteiger partial charge in [-0.25, -0.2) is 0 Å². The molecule has 0 atom stereocenters. The fourth-order valence-corrected chi connectivity index (χ4v) is 7.89. The van der Waals surface area contributed by atoms with Crippen LogP contribution in [-0.4, -0.2) is 5.78 Å². The minimum Gasteiger partial charge on any atom is -0.298 e. The zero-order valence-corrected chi connectivity index (χ0v) is 22.7.